The van der Waals surface area contributed by atoms with Crippen molar-refractivity contribution in [1.82, 2.24) is 9.88 Å². The van der Waals surface area contributed by atoms with E-state index in [9.17, 15) is 14.7 Å². The quantitative estimate of drug-likeness (QED) is 0.594. The first-order chi connectivity index (χ1) is 16.9. The minimum atomic E-state index is -1.90. The van der Waals surface area contributed by atoms with Crippen LogP contribution in [0.15, 0.2) is 36.5 Å². The number of hydrogen-bond acceptors (Lipinski definition) is 6. The van der Waals surface area contributed by atoms with Crippen LogP contribution in [0.3, 0.4) is 0 Å². The minimum Gasteiger partial charge on any atom is -0.467 e. The molecule has 1 unspecified atom stereocenters. The SMILES string of the molecule is COC(=O)[C@@]1(O)C[C@H]2O[C@]1(C)n1c3c(c4c5c(c6c(c41)N2C1C=CC=CC=61)C(=O)NC5)CC=CC=3. The number of rotatable bonds is 1. The Kier molecular flexibility index (Phi) is 3.34. The fourth-order valence-electron chi connectivity index (χ4n) is 7.23. The zero-order chi connectivity index (χ0) is 23.9. The number of allylic oxidation sites excluding steroid dienone is 4. The zero-order valence-corrected chi connectivity index (χ0v) is 19.3. The average molecular weight is 469 g/mol. The maximum atomic E-state index is 13.2. The van der Waals surface area contributed by atoms with Gasteiger partial charge in [-0.15, -0.1) is 0 Å². The highest BCUT2D eigenvalue weighted by Gasteiger charge is 2.67. The second kappa shape index (κ2) is 5.95. The molecule has 2 bridgehead atoms. The van der Waals surface area contributed by atoms with Crippen LogP contribution in [0.5, 0.6) is 0 Å². The van der Waals surface area contributed by atoms with Crippen LogP contribution in [0, 0.1) is 0 Å². The molecule has 1 fully saturated rings. The van der Waals surface area contributed by atoms with Crippen molar-refractivity contribution in [3.63, 3.8) is 0 Å². The number of benzene rings is 1. The lowest BCUT2D eigenvalue weighted by Gasteiger charge is -2.37. The third-order valence-corrected chi connectivity index (χ3v) is 8.70. The molecule has 2 aromatic rings. The summed E-state index contributed by atoms with van der Waals surface area (Å²) < 4.78 is 13.8. The lowest BCUT2D eigenvalue weighted by molar-refractivity contribution is -0.201. The summed E-state index contributed by atoms with van der Waals surface area (Å²) in [5.41, 5.74) is 2.35. The lowest BCUT2D eigenvalue weighted by Crippen LogP contribution is -2.58. The average Bonchev–Trinajstić information content (AvgIpc) is 3.55. The van der Waals surface area contributed by atoms with Crippen LogP contribution < -0.4 is 20.8 Å². The second-order valence-electron chi connectivity index (χ2n) is 10.1. The Morgan fingerprint density at radius 1 is 1.29 bits per heavy atom. The largest absolute Gasteiger partial charge is 0.467 e. The van der Waals surface area contributed by atoms with Gasteiger partial charge in [-0.3, -0.25) is 4.79 Å². The van der Waals surface area contributed by atoms with Crippen LogP contribution in [0.2, 0.25) is 0 Å². The van der Waals surface area contributed by atoms with Gasteiger partial charge >= 0.3 is 5.97 Å². The van der Waals surface area contributed by atoms with E-state index in [0.717, 1.165) is 49.4 Å². The van der Waals surface area contributed by atoms with E-state index in [4.69, 9.17) is 9.47 Å². The number of hydrogen-bond donors (Lipinski definition) is 2. The lowest BCUT2D eigenvalue weighted by atomic mass is 9.88. The number of aliphatic hydroxyl groups is 1. The Morgan fingerprint density at radius 3 is 2.97 bits per heavy atom. The highest BCUT2D eigenvalue weighted by atomic mass is 16.6. The van der Waals surface area contributed by atoms with Gasteiger partial charge in [0, 0.05) is 28.9 Å². The van der Waals surface area contributed by atoms with Gasteiger partial charge in [-0.1, -0.05) is 36.5 Å². The molecule has 1 amide bonds. The van der Waals surface area contributed by atoms with E-state index in [2.05, 4.69) is 28.4 Å². The number of ether oxygens (including phenoxy) is 2. The number of methoxy groups -OCH3 is 1. The fraction of sp³-hybridized carbons (Fsp3) is 0.333. The monoisotopic (exact) mass is 469 g/mol. The normalized spacial score (nSPS) is 32.4. The number of carbonyl (C=O) groups excluding carboxylic acids is 2. The number of nitrogens with one attached hydrogen (secondary N) is 1. The standard InChI is InChI=1S/C27H23N3O5/c1-26-27(33,25(32)34-2)11-18(35-26)29-16-9-5-3-7-13(16)20-21-15(12-28-24(21)31)19-14-8-4-6-10-17(14)30(26)23(19)22(20)29/h3-7,9-10,16,18,33H,8,11-12H2,1-2H3,(H,28,31)/t16?,18-,26+,27+/m1/s1. The highest BCUT2D eigenvalue weighted by Crippen LogP contribution is 2.53. The number of carbonyl (C=O) groups is 2. The fourth-order valence-corrected chi connectivity index (χ4v) is 7.23. The third-order valence-electron chi connectivity index (χ3n) is 8.70. The Bertz CT molecular complexity index is 1660. The number of aromatic nitrogens is 1. The molecular weight excluding hydrogens is 446 g/mol. The summed E-state index contributed by atoms with van der Waals surface area (Å²) in [7, 11) is 1.29. The highest BCUT2D eigenvalue weighted by molar-refractivity contribution is 6.12. The van der Waals surface area contributed by atoms with Gasteiger partial charge in [0.1, 0.15) is 6.23 Å². The molecule has 35 heavy (non-hydrogen) atoms. The topological polar surface area (TPSA) is 93.0 Å². The number of nitrogens with zero attached hydrogens (tertiary/aromatic N) is 2. The van der Waals surface area contributed by atoms with Gasteiger partial charge in [-0.25, -0.2) is 4.79 Å². The van der Waals surface area contributed by atoms with E-state index in [0.29, 0.717) is 13.0 Å². The number of anilines is 1. The Hall–Kier alpha value is -3.62. The van der Waals surface area contributed by atoms with E-state index < -0.39 is 23.5 Å². The molecule has 1 aromatic heterocycles. The zero-order valence-electron chi connectivity index (χ0n) is 19.3. The molecule has 2 N–H and O–H groups in total. The molecule has 4 aliphatic heterocycles. The van der Waals surface area contributed by atoms with Crippen LogP contribution in [0.1, 0.15) is 34.8 Å². The van der Waals surface area contributed by atoms with E-state index in [-0.39, 0.29) is 18.4 Å². The van der Waals surface area contributed by atoms with E-state index in [1.807, 2.05) is 28.9 Å². The van der Waals surface area contributed by atoms with Gasteiger partial charge in [-0.2, -0.15) is 0 Å². The predicted octanol–water partition coefficient (Wildman–Crippen LogP) is 0.580. The van der Waals surface area contributed by atoms with Gasteiger partial charge in [-0.05, 0) is 36.1 Å². The molecule has 8 rings (SSSR count). The number of esters is 1. The molecule has 0 spiro atoms. The molecule has 5 heterocycles. The van der Waals surface area contributed by atoms with E-state index in [1.54, 1.807) is 6.92 Å². The van der Waals surface area contributed by atoms with Gasteiger partial charge in [0.15, 0.2) is 5.72 Å². The maximum absolute atomic E-state index is 13.2. The molecule has 0 radical (unpaired) electrons. The summed E-state index contributed by atoms with van der Waals surface area (Å²) in [6.45, 7) is 2.22. The summed E-state index contributed by atoms with van der Waals surface area (Å²) in [5, 5.41) is 17.9. The van der Waals surface area contributed by atoms with Crippen molar-refractivity contribution in [2.75, 3.05) is 12.0 Å². The van der Waals surface area contributed by atoms with Crippen LogP contribution in [-0.4, -0.2) is 46.5 Å². The minimum absolute atomic E-state index is 0.0456. The van der Waals surface area contributed by atoms with E-state index >= 15 is 0 Å². The molecule has 8 heteroatoms. The summed E-state index contributed by atoms with van der Waals surface area (Å²) in [4.78, 5) is 28.5. The van der Waals surface area contributed by atoms with Crippen molar-refractivity contribution < 1.29 is 24.2 Å². The molecule has 1 saturated heterocycles. The summed E-state index contributed by atoms with van der Waals surface area (Å²) in [6, 6.07) is -0.173. The maximum Gasteiger partial charge on any atom is 0.343 e. The van der Waals surface area contributed by atoms with Crippen molar-refractivity contribution >= 4 is 40.1 Å². The Labute approximate surface area is 200 Å². The van der Waals surface area contributed by atoms with Gasteiger partial charge in [0.25, 0.3) is 5.91 Å². The summed E-state index contributed by atoms with van der Waals surface area (Å²) in [6.07, 6.45) is 14.3. The van der Waals surface area contributed by atoms with E-state index in [1.165, 1.54) is 7.11 Å². The summed E-state index contributed by atoms with van der Waals surface area (Å²) >= 11 is 0. The molecule has 1 aromatic carbocycles. The predicted molar refractivity (Wildman–Crippen MR) is 128 cm³/mol. The first-order valence-electron chi connectivity index (χ1n) is 11.9. The van der Waals surface area contributed by atoms with Crippen molar-refractivity contribution in [3.05, 3.63) is 63.7 Å². The number of fused-ring (bicyclic) bond motifs is 12. The second-order valence-corrected chi connectivity index (χ2v) is 10.1. The third kappa shape index (κ3) is 1.94. The van der Waals surface area contributed by atoms with Gasteiger partial charge in [0.05, 0.1) is 29.9 Å². The molecule has 4 atom stereocenters. The molecular formula is C27H23N3O5. The van der Waals surface area contributed by atoms with Crippen LogP contribution in [0.25, 0.3) is 22.6 Å². The van der Waals surface area contributed by atoms with Crippen molar-refractivity contribution in [1.29, 1.82) is 0 Å². The molecule has 8 nitrogen and oxygen atoms in total. The molecule has 0 saturated carbocycles. The van der Waals surface area contributed by atoms with Crippen LogP contribution >= 0.6 is 0 Å². The van der Waals surface area contributed by atoms with Gasteiger partial charge < -0.3 is 29.4 Å². The smallest absolute Gasteiger partial charge is 0.343 e. The Balaban J connectivity index is 1.65. The Morgan fingerprint density at radius 2 is 2.14 bits per heavy atom. The van der Waals surface area contributed by atoms with Crippen LogP contribution in [0.4, 0.5) is 5.69 Å². The first kappa shape index (κ1) is 19.7. The molecule has 2 aliphatic carbocycles. The van der Waals surface area contributed by atoms with Gasteiger partial charge in [0.2, 0.25) is 5.60 Å². The first-order valence-corrected chi connectivity index (χ1v) is 11.9. The molecule has 6 aliphatic rings. The molecule has 176 valence electrons. The summed E-state index contributed by atoms with van der Waals surface area (Å²) in [5.74, 6) is -0.776. The van der Waals surface area contributed by atoms with Crippen molar-refractivity contribution in [2.24, 2.45) is 0 Å². The van der Waals surface area contributed by atoms with Crippen LogP contribution in [-0.2, 0) is 33.0 Å². The number of amides is 1. The van der Waals surface area contributed by atoms with Crippen molar-refractivity contribution in [3.8, 4) is 0 Å². The van der Waals surface area contributed by atoms with Crippen molar-refractivity contribution in [2.45, 2.75) is 49.9 Å².